The van der Waals surface area contributed by atoms with Crippen molar-refractivity contribution in [2.75, 3.05) is 6.54 Å². The van der Waals surface area contributed by atoms with Crippen LogP contribution < -0.4 is 10.7 Å². The first-order valence-corrected chi connectivity index (χ1v) is 15.3. The Hall–Kier alpha value is -1.27. The first kappa shape index (κ1) is 27.8. The number of carbonyl (C=O) groups is 1. The van der Waals surface area contributed by atoms with E-state index in [9.17, 15) is 9.90 Å². The molecule has 1 atom stereocenters. The second kappa shape index (κ2) is 16.4. The molecule has 0 aliphatic carbocycles. The average molecular weight is 454 g/mol. The van der Waals surface area contributed by atoms with E-state index in [0.29, 0.717) is 19.4 Å². The summed E-state index contributed by atoms with van der Waals surface area (Å²) in [4.78, 5) is 11.9. The predicted octanol–water partition coefficient (Wildman–Crippen LogP) is 6.50. The molecule has 1 aromatic heterocycles. The van der Waals surface area contributed by atoms with Crippen LogP contribution in [-0.2, 0) is 11.2 Å². The second-order valence-electron chi connectivity index (χ2n) is 8.81. The Bertz CT molecular complexity index is 578. The first-order valence-electron chi connectivity index (χ1n) is 12.7. The van der Waals surface area contributed by atoms with Gasteiger partial charge in [-0.05, 0) is 24.5 Å². The Morgan fingerprint density at radius 1 is 1.00 bits per heavy atom. The molecule has 1 unspecified atom stereocenters. The van der Waals surface area contributed by atoms with Crippen LogP contribution in [-0.4, -0.2) is 32.1 Å². The summed E-state index contributed by atoms with van der Waals surface area (Å²) in [6.45, 7) is 9.50. The lowest BCUT2D eigenvalue weighted by Gasteiger charge is -2.24. The summed E-state index contributed by atoms with van der Waals surface area (Å²) < 4.78 is 11.0. The van der Waals surface area contributed by atoms with Crippen LogP contribution in [0.25, 0.3) is 0 Å². The molecule has 0 aliphatic heterocycles. The number of amides is 1. The highest BCUT2D eigenvalue weighted by molar-refractivity contribution is 6.90. The number of furan rings is 1. The van der Waals surface area contributed by atoms with Crippen LogP contribution in [0.2, 0.25) is 18.1 Å². The van der Waals surface area contributed by atoms with Crippen molar-refractivity contribution in [3.63, 3.8) is 0 Å². The lowest BCUT2D eigenvalue weighted by atomic mass is 10.1. The minimum atomic E-state index is -1.50. The van der Waals surface area contributed by atoms with Crippen molar-refractivity contribution in [1.82, 2.24) is 5.32 Å². The number of alkyl carbamates (subject to hydrolysis) is 1. The smallest absolute Gasteiger partial charge is 0.409 e. The van der Waals surface area contributed by atoms with E-state index in [-0.39, 0.29) is 0 Å². The Kier molecular flexibility index (Phi) is 14.7. The highest BCUT2D eigenvalue weighted by Crippen LogP contribution is 2.21. The molecule has 1 heterocycles. The molecule has 1 aromatic rings. The molecule has 0 aliphatic rings. The standard InChI is InChI=1S/C25H47NO4Si/c1-5-9-10-11-12-13-14-15-16-17-23(27)30-25(28)26-19-18-22-20-24(29-21-22)31(6-2,7-3)8-4/h20-21,23,27H,5-19H2,1-4H3,(H,26,28). The maximum absolute atomic E-state index is 11.9. The summed E-state index contributed by atoms with van der Waals surface area (Å²) >= 11 is 0. The number of aliphatic hydroxyl groups is 1. The maximum atomic E-state index is 11.9. The molecule has 5 nitrogen and oxygen atoms in total. The Morgan fingerprint density at radius 3 is 2.16 bits per heavy atom. The van der Waals surface area contributed by atoms with E-state index >= 15 is 0 Å². The normalized spacial score (nSPS) is 12.7. The van der Waals surface area contributed by atoms with E-state index in [0.717, 1.165) is 18.4 Å². The quantitative estimate of drug-likeness (QED) is 0.151. The molecule has 0 saturated carbocycles. The molecular weight excluding hydrogens is 406 g/mol. The summed E-state index contributed by atoms with van der Waals surface area (Å²) in [5, 5.41) is 13.8. The molecule has 180 valence electrons. The number of rotatable bonds is 18. The highest BCUT2D eigenvalue weighted by Gasteiger charge is 2.32. The summed E-state index contributed by atoms with van der Waals surface area (Å²) in [6.07, 6.45) is 12.5. The van der Waals surface area contributed by atoms with Gasteiger partial charge >= 0.3 is 6.09 Å². The number of carbonyl (C=O) groups excluding carboxylic acids is 1. The third-order valence-electron chi connectivity index (χ3n) is 6.69. The number of unbranched alkanes of at least 4 members (excludes halogenated alkanes) is 8. The number of nitrogens with one attached hydrogen (secondary N) is 1. The maximum Gasteiger partial charge on any atom is 0.409 e. The van der Waals surface area contributed by atoms with Crippen molar-refractivity contribution in [2.45, 2.75) is 123 Å². The Morgan fingerprint density at radius 2 is 1.58 bits per heavy atom. The first-order chi connectivity index (χ1) is 15.0. The van der Waals surface area contributed by atoms with Gasteiger partial charge < -0.3 is 19.6 Å². The summed E-state index contributed by atoms with van der Waals surface area (Å²) in [6, 6.07) is 5.74. The number of ether oxygens (including phenoxy) is 1. The fourth-order valence-electron chi connectivity index (χ4n) is 4.22. The topological polar surface area (TPSA) is 71.7 Å². The van der Waals surface area contributed by atoms with Crippen LogP contribution in [0.1, 0.15) is 97.5 Å². The van der Waals surface area contributed by atoms with Gasteiger partial charge in [0.2, 0.25) is 6.29 Å². The van der Waals surface area contributed by atoms with E-state index in [1.807, 2.05) is 6.26 Å². The van der Waals surface area contributed by atoms with Crippen LogP contribution in [0, 0.1) is 0 Å². The van der Waals surface area contributed by atoms with E-state index in [1.54, 1.807) is 0 Å². The summed E-state index contributed by atoms with van der Waals surface area (Å²) in [5.74, 6) is 0. The van der Waals surface area contributed by atoms with Gasteiger partial charge in [0.1, 0.15) is 8.07 Å². The largest absolute Gasteiger partial charge is 0.474 e. The zero-order valence-electron chi connectivity index (χ0n) is 20.5. The zero-order chi connectivity index (χ0) is 23.0. The van der Waals surface area contributed by atoms with E-state index in [1.165, 1.54) is 68.5 Å². The molecule has 0 fully saturated rings. The third-order valence-corrected chi connectivity index (χ3v) is 12.1. The third kappa shape index (κ3) is 10.7. The molecule has 0 radical (unpaired) electrons. The Balaban J connectivity index is 2.15. The highest BCUT2D eigenvalue weighted by atomic mass is 28.3. The van der Waals surface area contributed by atoms with Crippen LogP contribution in [0.3, 0.4) is 0 Å². The lowest BCUT2D eigenvalue weighted by molar-refractivity contribution is -0.0575. The van der Waals surface area contributed by atoms with Gasteiger partial charge in [-0.25, -0.2) is 4.79 Å². The second-order valence-corrected chi connectivity index (χ2v) is 14.0. The number of hydrogen-bond acceptors (Lipinski definition) is 4. The van der Waals surface area contributed by atoms with Gasteiger partial charge in [0, 0.05) is 13.0 Å². The van der Waals surface area contributed by atoms with Crippen molar-refractivity contribution in [3.05, 3.63) is 17.9 Å². The van der Waals surface area contributed by atoms with Crippen molar-refractivity contribution < 1.29 is 19.1 Å². The number of aliphatic hydroxyl groups excluding tert-OH is 1. The van der Waals surface area contributed by atoms with Gasteiger partial charge in [-0.3, -0.25) is 0 Å². The van der Waals surface area contributed by atoms with Gasteiger partial charge in [0.05, 0.1) is 11.6 Å². The molecule has 31 heavy (non-hydrogen) atoms. The predicted molar refractivity (Wildman–Crippen MR) is 132 cm³/mol. The van der Waals surface area contributed by atoms with Crippen LogP contribution in [0.4, 0.5) is 4.79 Å². The average Bonchev–Trinajstić information content (AvgIpc) is 3.23. The molecule has 6 heteroatoms. The molecule has 2 N–H and O–H groups in total. The van der Waals surface area contributed by atoms with Crippen LogP contribution in [0.5, 0.6) is 0 Å². The van der Waals surface area contributed by atoms with Gasteiger partial charge in [-0.1, -0.05) is 97.2 Å². The zero-order valence-corrected chi connectivity index (χ0v) is 21.5. The number of hydrogen-bond donors (Lipinski definition) is 2. The van der Waals surface area contributed by atoms with Crippen molar-refractivity contribution in [1.29, 1.82) is 0 Å². The minimum absolute atomic E-state index is 0.474. The molecule has 0 aromatic carbocycles. The minimum Gasteiger partial charge on any atom is -0.474 e. The summed E-state index contributed by atoms with van der Waals surface area (Å²) in [5.41, 5.74) is 1.11. The molecular formula is C25H47NO4Si. The molecule has 0 bridgehead atoms. The van der Waals surface area contributed by atoms with E-state index < -0.39 is 20.5 Å². The molecule has 1 amide bonds. The van der Waals surface area contributed by atoms with Crippen molar-refractivity contribution >= 4 is 19.6 Å². The monoisotopic (exact) mass is 453 g/mol. The van der Waals surface area contributed by atoms with Gasteiger partial charge in [-0.15, -0.1) is 0 Å². The van der Waals surface area contributed by atoms with Crippen LogP contribution >= 0.6 is 0 Å². The van der Waals surface area contributed by atoms with Crippen molar-refractivity contribution in [3.8, 4) is 0 Å². The van der Waals surface area contributed by atoms with Gasteiger partial charge in [0.25, 0.3) is 0 Å². The Labute approximate surface area is 191 Å². The molecule has 1 rings (SSSR count). The summed E-state index contributed by atoms with van der Waals surface area (Å²) in [7, 11) is -1.50. The fraction of sp³-hybridized carbons (Fsp3) is 0.800. The van der Waals surface area contributed by atoms with Crippen molar-refractivity contribution in [2.24, 2.45) is 0 Å². The van der Waals surface area contributed by atoms with Gasteiger partial charge in [0.15, 0.2) is 0 Å². The van der Waals surface area contributed by atoms with E-state index in [2.05, 4.69) is 39.1 Å². The van der Waals surface area contributed by atoms with Gasteiger partial charge in [-0.2, -0.15) is 0 Å². The SMILES string of the molecule is CCCCCCCCCCCC(O)OC(=O)NCCc1coc([Si](CC)(CC)CC)c1. The lowest BCUT2D eigenvalue weighted by Crippen LogP contribution is -2.44. The van der Waals surface area contributed by atoms with Crippen LogP contribution in [0.15, 0.2) is 16.7 Å². The van der Waals surface area contributed by atoms with E-state index in [4.69, 9.17) is 9.15 Å². The molecule has 0 saturated heterocycles. The fourth-order valence-corrected chi connectivity index (χ4v) is 7.57. The molecule has 0 spiro atoms.